The van der Waals surface area contributed by atoms with Crippen LogP contribution in [0.15, 0.2) is 48.5 Å². The van der Waals surface area contributed by atoms with Crippen LogP contribution in [0.4, 0.5) is 15.9 Å². The Morgan fingerprint density at radius 2 is 1.75 bits per heavy atom. The number of fused-ring (bicyclic) bond motifs is 1. The molecule has 0 saturated carbocycles. The lowest BCUT2D eigenvalue weighted by Crippen LogP contribution is -2.06. The van der Waals surface area contributed by atoms with Crippen molar-refractivity contribution in [1.82, 2.24) is 9.97 Å². The Morgan fingerprint density at radius 3 is 2.55 bits per heavy atom. The zero-order valence-corrected chi connectivity index (χ0v) is 10.7. The van der Waals surface area contributed by atoms with Crippen LogP contribution in [0.1, 0.15) is 5.82 Å². The molecule has 4 nitrogen and oxygen atoms in total. The Hall–Kier alpha value is -2.53. The van der Waals surface area contributed by atoms with E-state index in [2.05, 4.69) is 15.3 Å². The van der Waals surface area contributed by atoms with Gasteiger partial charge in [0.2, 0.25) is 0 Å². The lowest BCUT2D eigenvalue weighted by molar-refractivity contribution is 0.632. The maximum Gasteiger partial charge on any atom is 0.146 e. The molecule has 0 aliphatic heterocycles. The largest absolute Gasteiger partial charge is 0.337 e. The number of nitrogens with two attached hydrogens (primary N) is 1. The van der Waals surface area contributed by atoms with Crippen molar-refractivity contribution in [3.05, 3.63) is 60.2 Å². The van der Waals surface area contributed by atoms with E-state index in [1.165, 1.54) is 6.07 Å². The third kappa shape index (κ3) is 2.31. The van der Waals surface area contributed by atoms with E-state index in [0.29, 0.717) is 17.3 Å². The first-order valence-corrected chi connectivity index (χ1v) is 6.25. The average Bonchev–Trinajstić information content (AvgIpc) is 2.49. The second-order valence-corrected chi connectivity index (χ2v) is 4.31. The van der Waals surface area contributed by atoms with Gasteiger partial charge < -0.3 is 11.1 Å². The summed E-state index contributed by atoms with van der Waals surface area (Å²) in [5.41, 5.74) is 6.76. The number of hydrogen-bond donors (Lipinski definition) is 2. The summed E-state index contributed by atoms with van der Waals surface area (Å²) in [6.07, 6.45) is 0. The number of halogens is 1. The standard InChI is InChI=1S/C15H13FN4/c16-11-6-2-4-8-13(11)19-15-10-5-1-3-7-12(10)18-14(9-17)20-15/h1-8H,9,17H2,(H,18,19,20). The lowest BCUT2D eigenvalue weighted by Gasteiger charge is -2.10. The van der Waals surface area contributed by atoms with Crippen LogP contribution < -0.4 is 11.1 Å². The number of rotatable bonds is 3. The third-order valence-corrected chi connectivity index (χ3v) is 2.96. The van der Waals surface area contributed by atoms with Crippen molar-refractivity contribution in [1.29, 1.82) is 0 Å². The number of aromatic nitrogens is 2. The van der Waals surface area contributed by atoms with Crippen molar-refractivity contribution < 1.29 is 4.39 Å². The van der Waals surface area contributed by atoms with E-state index in [9.17, 15) is 4.39 Å². The van der Waals surface area contributed by atoms with Crippen molar-refractivity contribution in [2.75, 3.05) is 5.32 Å². The summed E-state index contributed by atoms with van der Waals surface area (Å²) < 4.78 is 13.7. The molecule has 0 atom stereocenters. The zero-order chi connectivity index (χ0) is 13.9. The highest BCUT2D eigenvalue weighted by Gasteiger charge is 2.08. The Labute approximate surface area is 115 Å². The van der Waals surface area contributed by atoms with E-state index in [4.69, 9.17) is 5.73 Å². The summed E-state index contributed by atoms with van der Waals surface area (Å²) in [7, 11) is 0. The summed E-state index contributed by atoms with van der Waals surface area (Å²) in [4.78, 5) is 8.69. The molecule has 5 heteroatoms. The van der Waals surface area contributed by atoms with Crippen LogP contribution in [-0.4, -0.2) is 9.97 Å². The maximum atomic E-state index is 13.7. The van der Waals surface area contributed by atoms with Gasteiger partial charge in [-0.1, -0.05) is 24.3 Å². The number of nitrogens with zero attached hydrogens (tertiary/aromatic N) is 2. The van der Waals surface area contributed by atoms with Gasteiger partial charge in [0.25, 0.3) is 0 Å². The number of anilines is 2. The molecule has 1 aromatic heterocycles. The van der Waals surface area contributed by atoms with Gasteiger partial charge in [-0.3, -0.25) is 0 Å². The SMILES string of the molecule is NCc1nc(Nc2ccccc2F)c2ccccc2n1. The molecule has 20 heavy (non-hydrogen) atoms. The van der Waals surface area contributed by atoms with Crippen LogP contribution in [0.25, 0.3) is 10.9 Å². The van der Waals surface area contributed by atoms with Gasteiger partial charge >= 0.3 is 0 Å². The smallest absolute Gasteiger partial charge is 0.146 e. The fourth-order valence-corrected chi connectivity index (χ4v) is 2.00. The Morgan fingerprint density at radius 1 is 1.00 bits per heavy atom. The lowest BCUT2D eigenvalue weighted by atomic mass is 10.2. The van der Waals surface area contributed by atoms with Crippen LogP contribution in [0.2, 0.25) is 0 Å². The highest BCUT2D eigenvalue weighted by molar-refractivity contribution is 5.90. The van der Waals surface area contributed by atoms with Gasteiger partial charge in [-0.05, 0) is 24.3 Å². The number of benzene rings is 2. The van der Waals surface area contributed by atoms with E-state index in [1.54, 1.807) is 18.2 Å². The molecule has 0 aliphatic carbocycles. The Kier molecular flexibility index (Phi) is 3.26. The van der Waals surface area contributed by atoms with Crippen molar-refractivity contribution in [3.63, 3.8) is 0 Å². The molecule has 2 aromatic carbocycles. The van der Waals surface area contributed by atoms with E-state index in [0.717, 1.165) is 10.9 Å². The number of nitrogens with one attached hydrogen (secondary N) is 1. The number of hydrogen-bond acceptors (Lipinski definition) is 4. The van der Waals surface area contributed by atoms with E-state index >= 15 is 0 Å². The van der Waals surface area contributed by atoms with Gasteiger partial charge in [0.15, 0.2) is 0 Å². The second-order valence-electron chi connectivity index (χ2n) is 4.31. The molecule has 3 aromatic rings. The van der Waals surface area contributed by atoms with E-state index < -0.39 is 0 Å². The van der Waals surface area contributed by atoms with Crippen molar-refractivity contribution in [2.24, 2.45) is 5.73 Å². The first-order valence-electron chi connectivity index (χ1n) is 6.25. The monoisotopic (exact) mass is 268 g/mol. The fourth-order valence-electron chi connectivity index (χ4n) is 2.00. The molecule has 0 bridgehead atoms. The van der Waals surface area contributed by atoms with Gasteiger partial charge in [0, 0.05) is 5.39 Å². The predicted molar refractivity (Wildman–Crippen MR) is 77.1 cm³/mol. The minimum absolute atomic E-state index is 0.233. The molecule has 1 heterocycles. The van der Waals surface area contributed by atoms with E-state index in [-0.39, 0.29) is 12.4 Å². The fraction of sp³-hybridized carbons (Fsp3) is 0.0667. The molecule has 0 amide bonds. The van der Waals surface area contributed by atoms with Crippen molar-refractivity contribution in [2.45, 2.75) is 6.54 Å². The summed E-state index contributed by atoms with van der Waals surface area (Å²) in [5, 5.41) is 3.84. The molecule has 0 unspecified atom stereocenters. The minimum atomic E-state index is -0.329. The summed E-state index contributed by atoms with van der Waals surface area (Å²) >= 11 is 0. The molecule has 0 saturated heterocycles. The van der Waals surface area contributed by atoms with Gasteiger partial charge in [-0.15, -0.1) is 0 Å². The van der Waals surface area contributed by atoms with Crippen molar-refractivity contribution >= 4 is 22.4 Å². The van der Waals surface area contributed by atoms with E-state index in [1.807, 2.05) is 24.3 Å². The molecule has 0 radical (unpaired) electrons. The highest BCUT2D eigenvalue weighted by Crippen LogP contribution is 2.25. The third-order valence-electron chi connectivity index (χ3n) is 2.96. The van der Waals surface area contributed by atoms with Crippen LogP contribution in [0, 0.1) is 5.82 Å². The molecule has 0 spiro atoms. The molecule has 3 rings (SSSR count). The highest BCUT2D eigenvalue weighted by atomic mass is 19.1. The van der Waals surface area contributed by atoms with Crippen LogP contribution in [-0.2, 0) is 6.54 Å². The van der Waals surface area contributed by atoms with Gasteiger partial charge in [0.05, 0.1) is 17.7 Å². The molecular weight excluding hydrogens is 255 g/mol. The molecule has 0 aliphatic rings. The molecule has 100 valence electrons. The summed E-state index contributed by atoms with van der Waals surface area (Å²) in [6.45, 7) is 0.233. The first-order chi connectivity index (χ1) is 9.78. The summed E-state index contributed by atoms with van der Waals surface area (Å²) in [6, 6.07) is 14.0. The van der Waals surface area contributed by atoms with Gasteiger partial charge in [-0.25, -0.2) is 14.4 Å². The maximum absolute atomic E-state index is 13.7. The second kappa shape index (κ2) is 5.22. The van der Waals surface area contributed by atoms with Gasteiger partial charge in [0.1, 0.15) is 17.5 Å². The Bertz CT molecular complexity index is 758. The number of para-hydroxylation sites is 2. The van der Waals surface area contributed by atoms with Crippen molar-refractivity contribution in [3.8, 4) is 0 Å². The van der Waals surface area contributed by atoms with Crippen LogP contribution >= 0.6 is 0 Å². The molecule has 3 N–H and O–H groups in total. The first kappa shape index (κ1) is 12.5. The quantitative estimate of drug-likeness (QED) is 0.766. The van der Waals surface area contributed by atoms with Gasteiger partial charge in [-0.2, -0.15) is 0 Å². The van der Waals surface area contributed by atoms with Crippen LogP contribution in [0.5, 0.6) is 0 Å². The minimum Gasteiger partial charge on any atom is -0.337 e. The Balaban J connectivity index is 2.13. The normalized spacial score (nSPS) is 10.7. The molecular formula is C15H13FN4. The predicted octanol–water partition coefficient (Wildman–Crippen LogP) is 2.97. The average molecular weight is 268 g/mol. The topological polar surface area (TPSA) is 63.8 Å². The molecule has 0 fully saturated rings. The zero-order valence-electron chi connectivity index (χ0n) is 10.7. The van der Waals surface area contributed by atoms with Crippen LogP contribution in [0.3, 0.4) is 0 Å². The summed E-state index contributed by atoms with van der Waals surface area (Å²) in [5.74, 6) is 0.744.